The van der Waals surface area contributed by atoms with Crippen LogP contribution in [0.15, 0.2) is 42.5 Å². The molecule has 2 aromatic rings. The third-order valence-corrected chi connectivity index (χ3v) is 5.24. The highest BCUT2D eigenvalue weighted by molar-refractivity contribution is 7.80. The predicted octanol–water partition coefficient (Wildman–Crippen LogP) is 5.21. The lowest BCUT2D eigenvalue weighted by Gasteiger charge is -2.37. The second-order valence-electron chi connectivity index (χ2n) is 7.88. The van der Waals surface area contributed by atoms with Crippen LogP contribution in [-0.4, -0.2) is 15.7 Å². The molecule has 0 aliphatic carbocycles. The first-order valence-corrected chi connectivity index (χ1v) is 9.02. The highest BCUT2D eigenvalue weighted by atomic mass is 32.1. The van der Waals surface area contributed by atoms with Gasteiger partial charge in [-0.25, -0.2) is 0 Å². The first-order valence-electron chi connectivity index (χ1n) is 8.61. The Kier molecular flexibility index (Phi) is 4.50. The Bertz CT molecular complexity index is 796. The van der Waals surface area contributed by atoms with E-state index in [4.69, 9.17) is 17.0 Å². The fourth-order valence-electron chi connectivity index (χ4n) is 3.11. The maximum Gasteiger partial charge on any atom is 0.156 e. The molecule has 0 fully saturated rings. The lowest BCUT2D eigenvalue weighted by molar-refractivity contribution is 0.136. The van der Waals surface area contributed by atoms with Crippen LogP contribution in [0.1, 0.15) is 45.2 Å². The molecule has 2 N–H and O–H groups in total. The van der Waals surface area contributed by atoms with Gasteiger partial charge in [0.15, 0.2) is 5.60 Å². The van der Waals surface area contributed by atoms with E-state index in [0.717, 1.165) is 35.4 Å². The average molecular weight is 356 g/mol. The van der Waals surface area contributed by atoms with Gasteiger partial charge in [-0.05, 0) is 55.0 Å². The van der Waals surface area contributed by atoms with Crippen molar-refractivity contribution in [3.8, 4) is 11.5 Å². The number of phenolic OH excluding ortho intramolecular Hbond substituents is 1. The van der Waals surface area contributed by atoms with E-state index in [9.17, 15) is 5.11 Å². The monoisotopic (exact) mass is 355 g/mol. The summed E-state index contributed by atoms with van der Waals surface area (Å²) in [5.41, 5.74) is 2.16. The van der Waals surface area contributed by atoms with Crippen molar-refractivity contribution >= 4 is 22.9 Å². The summed E-state index contributed by atoms with van der Waals surface area (Å²) in [5, 5.41) is 13.6. The van der Waals surface area contributed by atoms with Gasteiger partial charge < -0.3 is 15.2 Å². The summed E-state index contributed by atoms with van der Waals surface area (Å²) >= 11 is 5.65. The van der Waals surface area contributed by atoms with E-state index in [2.05, 4.69) is 26.1 Å². The lowest BCUT2D eigenvalue weighted by Crippen LogP contribution is -2.46. The molecule has 0 saturated carbocycles. The smallest absolute Gasteiger partial charge is 0.156 e. The minimum absolute atomic E-state index is 0.154. The summed E-state index contributed by atoms with van der Waals surface area (Å²) in [4.78, 5) is 0.676. The van der Waals surface area contributed by atoms with E-state index in [0.29, 0.717) is 10.7 Å². The highest BCUT2D eigenvalue weighted by Gasteiger charge is 2.37. The minimum Gasteiger partial charge on any atom is -0.508 e. The van der Waals surface area contributed by atoms with Gasteiger partial charge in [-0.15, -0.1) is 0 Å². The zero-order valence-corrected chi connectivity index (χ0v) is 16.0. The number of hydrogen-bond acceptors (Lipinski definition) is 3. The van der Waals surface area contributed by atoms with Gasteiger partial charge in [0.2, 0.25) is 0 Å². The Labute approximate surface area is 155 Å². The fourth-order valence-corrected chi connectivity index (χ4v) is 3.38. The molecule has 1 aliphatic rings. The average Bonchev–Trinajstić information content (AvgIpc) is 2.54. The molecule has 1 atom stereocenters. The van der Waals surface area contributed by atoms with Crippen LogP contribution >= 0.6 is 12.2 Å². The van der Waals surface area contributed by atoms with Gasteiger partial charge in [0.05, 0.1) is 0 Å². The van der Waals surface area contributed by atoms with Crippen molar-refractivity contribution in [2.24, 2.45) is 0 Å². The molecular weight excluding hydrogens is 330 g/mol. The molecule has 2 aromatic carbocycles. The largest absolute Gasteiger partial charge is 0.508 e. The van der Waals surface area contributed by atoms with Crippen molar-refractivity contribution in [2.75, 3.05) is 5.32 Å². The molecule has 0 saturated heterocycles. The van der Waals surface area contributed by atoms with E-state index in [1.165, 1.54) is 0 Å². The molecule has 0 amide bonds. The van der Waals surface area contributed by atoms with Crippen molar-refractivity contribution in [1.29, 1.82) is 0 Å². The third-order valence-electron chi connectivity index (χ3n) is 4.71. The highest BCUT2D eigenvalue weighted by Crippen LogP contribution is 2.41. The summed E-state index contributed by atoms with van der Waals surface area (Å²) in [5.74, 6) is 1.15. The van der Waals surface area contributed by atoms with E-state index in [1.54, 1.807) is 0 Å². The number of phenols is 1. The van der Waals surface area contributed by atoms with Gasteiger partial charge in [0.1, 0.15) is 16.5 Å². The molecule has 0 bridgehead atoms. The zero-order valence-electron chi connectivity index (χ0n) is 15.2. The molecule has 1 unspecified atom stereocenters. The molecule has 3 nitrogen and oxygen atoms in total. The summed E-state index contributed by atoms with van der Waals surface area (Å²) in [7, 11) is 0. The molecule has 132 valence electrons. The van der Waals surface area contributed by atoms with Crippen LogP contribution in [0.3, 0.4) is 0 Å². The molecule has 0 radical (unpaired) electrons. The maximum absolute atomic E-state index is 10.3. The molecule has 1 aliphatic heterocycles. The second-order valence-corrected chi connectivity index (χ2v) is 8.29. The number of rotatable bonds is 2. The summed E-state index contributed by atoms with van der Waals surface area (Å²) in [6, 6.07) is 13.7. The number of ether oxygens (including phenoxy) is 1. The Hall–Kier alpha value is -2.07. The molecule has 4 heteroatoms. The number of fused-ring (bicyclic) bond motifs is 1. The van der Waals surface area contributed by atoms with Crippen molar-refractivity contribution in [1.82, 2.24) is 0 Å². The number of hydrogen-bond donors (Lipinski definition) is 2. The molecule has 1 heterocycles. The minimum atomic E-state index is -0.565. The quantitative estimate of drug-likeness (QED) is 0.725. The van der Waals surface area contributed by atoms with Crippen LogP contribution in [0.2, 0.25) is 0 Å². The van der Waals surface area contributed by atoms with E-state index >= 15 is 0 Å². The van der Waals surface area contributed by atoms with Crippen molar-refractivity contribution in [3.63, 3.8) is 0 Å². The van der Waals surface area contributed by atoms with E-state index in [1.807, 2.05) is 49.4 Å². The number of benzene rings is 2. The maximum atomic E-state index is 10.3. The van der Waals surface area contributed by atoms with Gasteiger partial charge in [-0.3, -0.25) is 0 Å². The molecule has 0 spiro atoms. The molecule has 3 rings (SSSR count). The predicted molar refractivity (Wildman–Crippen MR) is 107 cm³/mol. The topological polar surface area (TPSA) is 41.5 Å². The zero-order chi connectivity index (χ0) is 18.2. The summed E-state index contributed by atoms with van der Waals surface area (Å²) < 4.78 is 6.33. The number of aryl methyl sites for hydroxylation is 1. The van der Waals surface area contributed by atoms with Gasteiger partial charge in [-0.2, -0.15) is 0 Å². The van der Waals surface area contributed by atoms with Crippen LogP contribution in [0.4, 0.5) is 5.69 Å². The number of nitrogens with one attached hydrogen (secondary N) is 1. The van der Waals surface area contributed by atoms with Crippen LogP contribution in [0, 0.1) is 0 Å². The van der Waals surface area contributed by atoms with Crippen molar-refractivity contribution in [2.45, 2.75) is 51.6 Å². The third kappa shape index (κ3) is 3.64. The second kappa shape index (κ2) is 6.34. The van der Waals surface area contributed by atoms with Gasteiger partial charge >= 0.3 is 0 Å². The van der Waals surface area contributed by atoms with Gasteiger partial charge in [0.25, 0.3) is 0 Å². The van der Waals surface area contributed by atoms with Crippen molar-refractivity contribution < 1.29 is 9.84 Å². The van der Waals surface area contributed by atoms with E-state index < -0.39 is 5.60 Å². The Balaban J connectivity index is 1.87. The molecule has 0 aromatic heterocycles. The van der Waals surface area contributed by atoms with Crippen LogP contribution in [0.5, 0.6) is 11.5 Å². The van der Waals surface area contributed by atoms with Crippen LogP contribution < -0.4 is 10.1 Å². The lowest BCUT2D eigenvalue weighted by atomic mass is 9.83. The SMILES string of the molecule is CC1(C(=S)Nc2ccccc2)CCc2cc(O)c(C(C)(C)C)cc2O1. The summed E-state index contributed by atoms with van der Waals surface area (Å²) in [6.45, 7) is 8.27. The Morgan fingerprint density at radius 1 is 1.20 bits per heavy atom. The number of anilines is 1. The Morgan fingerprint density at radius 2 is 1.88 bits per heavy atom. The number of aromatic hydroxyl groups is 1. The van der Waals surface area contributed by atoms with E-state index in [-0.39, 0.29) is 5.41 Å². The van der Waals surface area contributed by atoms with Gasteiger partial charge in [0, 0.05) is 11.3 Å². The molecular formula is C21H25NO2S. The fraction of sp³-hybridized carbons (Fsp3) is 0.381. The normalized spacial score (nSPS) is 19.7. The van der Waals surface area contributed by atoms with Crippen LogP contribution in [-0.2, 0) is 11.8 Å². The van der Waals surface area contributed by atoms with Crippen molar-refractivity contribution in [3.05, 3.63) is 53.6 Å². The van der Waals surface area contributed by atoms with Crippen LogP contribution in [0.25, 0.3) is 0 Å². The standard InChI is InChI=1S/C21H25NO2S/c1-20(2,3)16-13-18-14(12-17(16)23)10-11-21(4,24-18)19(25)22-15-8-6-5-7-9-15/h5-9,12-13,23H,10-11H2,1-4H3,(H,22,25). The first kappa shape index (κ1) is 17.7. The Morgan fingerprint density at radius 3 is 2.52 bits per heavy atom. The first-order chi connectivity index (χ1) is 11.7. The molecule has 25 heavy (non-hydrogen) atoms. The summed E-state index contributed by atoms with van der Waals surface area (Å²) in [6.07, 6.45) is 1.59. The number of para-hydroxylation sites is 1. The van der Waals surface area contributed by atoms with Gasteiger partial charge in [-0.1, -0.05) is 51.2 Å². The number of thiocarbonyl (C=S) groups is 1.